The lowest BCUT2D eigenvalue weighted by Crippen LogP contribution is -2.42. The van der Waals surface area contributed by atoms with Crippen LogP contribution in [-0.4, -0.2) is 15.9 Å². The third kappa shape index (κ3) is 3.83. The maximum absolute atomic E-state index is 12.4. The Kier molecular flexibility index (Phi) is 3.33. The van der Waals surface area contributed by atoms with E-state index in [0.717, 1.165) is 0 Å². The highest BCUT2D eigenvalue weighted by molar-refractivity contribution is 14.1. The summed E-state index contributed by atoms with van der Waals surface area (Å²) in [5, 5.41) is 0. The summed E-state index contributed by atoms with van der Waals surface area (Å²) in [4.78, 5) is 0. The topological polar surface area (TPSA) is 9.23 Å². The molecule has 1 nitrogen and oxygen atoms in total. The summed E-state index contributed by atoms with van der Waals surface area (Å²) >= 11 is 0.184. The Balaban J connectivity index is 4.44. The Hall–Kier alpha value is 0.340. The highest BCUT2D eigenvalue weighted by Gasteiger charge is 2.58. The maximum atomic E-state index is 12.4. The molecule has 0 amide bonds. The smallest absolute Gasteiger partial charge is 0.278 e. The van der Waals surface area contributed by atoms with Gasteiger partial charge in [-0.25, -0.2) is 4.39 Å². The highest BCUT2D eigenvalue weighted by Crippen LogP contribution is 2.43. The summed E-state index contributed by atoms with van der Waals surface area (Å²) < 4.78 is 59.6. The van der Waals surface area contributed by atoms with Crippen LogP contribution < -0.4 is 0 Å². The molecule has 0 rings (SSSR count). The van der Waals surface area contributed by atoms with Crippen LogP contribution in [-0.2, 0) is 4.74 Å². The number of alkyl halides is 6. The van der Waals surface area contributed by atoms with Crippen molar-refractivity contribution in [3.8, 4) is 0 Å². The van der Waals surface area contributed by atoms with Crippen molar-refractivity contribution < 1.29 is 26.7 Å². The summed E-state index contributed by atoms with van der Waals surface area (Å²) in [6.45, 7) is 1.23. The van der Waals surface area contributed by atoms with Gasteiger partial charge in [-0.1, -0.05) is 0 Å². The van der Waals surface area contributed by atoms with Gasteiger partial charge in [-0.3, -0.25) is 4.74 Å². The minimum Gasteiger partial charge on any atom is -0.278 e. The summed E-state index contributed by atoms with van der Waals surface area (Å²) in [7, 11) is 0. The van der Waals surface area contributed by atoms with E-state index in [4.69, 9.17) is 0 Å². The Bertz CT molecular complexity index is 158. The third-order valence-electron chi connectivity index (χ3n) is 0.701. The van der Waals surface area contributed by atoms with E-state index in [0.29, 0.717) is 13.8 Å². The quantitative estimate of drug-likeness (QED) is 0.441. The molecule has 0 aliphatic carbocycles. The van der Waals surface area contributed by atoms with Crippen molar-refractivity contribution >= 4 is 22.6 Å². The van der Waals surface area contributed by atoms with Gasteiger partial charge in [0.25, 0.3) is 0 Å². The van der Waals surface area contributed by atoms with Crippen molar-refractivity contribution in [3.05, 3.63) is 0 Å². The zero-order chi connectivity index (χ0) is 10.2. The first-order valence-corrected chi connectivity index (χ1v) is 3.87. The second-order valence-corrected chi connectivity index (χ2v) is 3.83. The molecule has 0 aromatic rings. The average molecular weight is 304 g/mol. The molecule has 0 bridgehead atoms. The number of rotatable bonds is 3. The van der Waals surface area contributed by atoms with Crippen LogP contribution in [0.2, 0.25) is 0 Å². The first-order valence-electron chi connectivity index (χ1n) is 2.79. The standard InChI is InChI=1S/C5H6F5IO/c1-3(2,6)12-5(9,10)4(7,8)11/h1-2H3. The summed E-state index contributed by atoms with van der Waals surface area (Å²) in [5.41, 5.74) is 0. The molecule has 0 fully saturated rings. The predicted molar refractivity (Wildman–Crippen MR) is 40.2 cm³/mol. The third-order valence-corrected chi connectivity index (χ3v) is 1.33. The lowest BCUT2D eigenvalue weighted by Gasteiger charge is -2.26. The van der Waals surface area contributed by atoms with E-state index >= 15 is 0 Å². The van der Waals surface area contributed by atoms with Gasteiger partial charge in [-0.05, 0) is 13.8 Å². The van der Waals surface area contributed by atoms with Crippen LogP contribution in [0, 0.1) is 0 Å². The molecule has 0 aliphatic rings. The molecule has 0 atom stereocenters. The van der Waals surface area contributed by atoms with Crippen molar-refractivity contribution in [2.45, 2.75) is 29.7 Å². The van der Waals surface area contributed by atoms with Crippen LogP contribution >= 0.6 is 22.6 Å². The fourth-order valence-electron chi connectivity index (χ4n) is 0.363. The van der Waals surface area contributed by atoms with Gasteiger partial charge in [-0.15, -0.1) is 0 Å². The molecule has 0 saturated heterocycles. The number of ether oxygens (including phenoxy) is 1. The van der Waals surface area contributed by atoms with Crippen molar-refractivity contribution in [2.75, 3.05) is 0 Å². The Morgan fingerprint density at radius 2 is 1.33 bits per heavy atom. The SMILES string of the molecule is CC(C)(F)OC(F)(F)C(F)(F)I. The average Bonchev–Trinajstić information content (AvgIpc) is 1.52. The van der Waals surface area contributed by atoms with Gasteiger partial charge in [-0.2, -0.15) is 17.6 Å². The first kappa shape index (κ1) is 12.3. The molecule has 7 heteroatoms. The summed E-state index contributed by atoms with van der Waals surface area (Å²) in [6.07, 6.45) is -4.80. The van der Waals surface area contributed by atoms with E-state index in [2.05, 4.69) is 4.74 Å². The second kappa shape index (κ2) is 3.24. The molecule has 0 radical (unpaired) electrons. The molecule has 74 valence electrons. The van der Waals surface area contributed by atoms with Crippen LogP contribution in [0.15, 0.2) is 0 Å². The van der Waals surface area contributed by atoms with Gasteiger partial charge in [0.1, 0.15) is 0 Å². The lowest BCUT2D eigenvalue weighted by molar-refractivity contribution is -0.366. The van der Waals surface area contributed by atoms with Crippen molar-refractivity contribution in [3.63, 3.8) is 0 Å². The molecule has 12 heavy (non-hydrogen) atoms. The zero-order valence-electron chi connectivity index (χ0n) is 6.18. The van der Waals surface area contributed by atoms with Crippen molar-refractivity contribution in [2.24, 2.45) is 0 Å². The van der Waals surface area contributed by atoms with Crippen LogP contribution in [0.25, 0.3) is 0 Å². The van der Waals surface area contributed by atoms with E-state index in [1.165, 1.54) is 0 Å². The molecular weight excluding hydrogens is 298 g/mol. The molecule has 0 aromatic carbocycles. The Labute approximate surface area is 79.4 Å². The highest BCUT2D eigenvalue weighted by atomic mass is 127. The first-order chi connectivity index (χ1) is 4.96. The molecule has 0 aliphatic heterocycles. The van der Waals surface area contributed by atoms with Gasteiger partial charge < -0.3 is 0 Å². The number of halogens is 6. The molecule has 0 spiro atoms. The minimum atomic E-state index is -4.80. The van der Waals surface area contributed by atoms with E-state index in [1.54, 1.807) is 0 Å². The largest absolute Gasteiger partial charge is 0.431 e. The molecule has 0 aromatic heterocycles. The Morgan fingerprint density at radius 1 is 1.00 bits per heavy atom. The fourth-order valence-corrected chi connectivity index (χ4v) is 0.473. The van der Waals surface area contributed by atoms with Crippen LogP contribution in [0.5, 0.6) is 0 Å². The van der Waals surface area contributed by atoms with E-state index in [9.17, 15) is 22.0 Å². The molecule has 0 heterocycles. The summed E-state index contributed by atoms with van der Waals surface area (Å²) in [5.74, 6) is -2.79. The van der Waals surface area contributed by atoms with Gasteiger partial charge in [0, 0.05) is 22.6 Å². The Morgan fingerprint density at radius 3 is 1.42 bits per heavy atom. The minimum absolute atomic E-state index is 0.184. The van der Waals surface area contributed by atoms with E-state index in [-0.39, 0.29) is 22.6 Å². The molecular formula is C5H6F5IO. The summed E-state index contributed by atoms with van der Waals surface area (Å²) in [6, 6.07) is 0. The zero-order valence-corrected chi connectivity index (χ0v) is 8.33. The fraction of sp³-hybridized carbons (Fsp3) is 1.00. The normalized spacial score (nSPS) is 15.0. The monoisotopic (exact) mass is 304 g/mol. The second-order valence-electron chi connectivity index (χ2n) is 2.48. The van der Waals surface area contributed by atoms with Gasteiger partial charge in [0.15, 0.2) is 0 Å². The number of hydrogen-bond acceptors (Lipinski definition) is 1. The van der Waals surface area contributed by atoms with Gasteiger partial charge >= 0.3 is 10.0 Å². The van der Waals surface area contributed by atoms with E-state index in [1.807, 2.05) is 0 Å². The maximum Gasteiger partial charge on any atom is 0.431 e. The van der Waals surface area contributed by atoms with E-state index < -0.39 is 15.9 Å². The van der Waals surface area contributed by atoms with Crippen molar-refractivity contribution in [1.29, 1.82) is 0 Å². The molecule has 0 N–H and O–H groups in total. The number of hydrogen-bond donors (Lipinski definition) is 0. The lowest BCUT2D eigenvalue weighted by atomic mass is 10.4. The van der Waals surface area contributed by atoms with Gasteiger partial charge in [0.2, 0.25) is 5.85 Å². The molecule has 0 saturated carbocycles. The predicted octanol–water partition coefficient (Wildman–Crippen LogP) is 3.33. The van der Waals surface area contributed by atoms with Crippen LogP contribution in [0.4, 0.5) is 22.0 Å². The van der Waals surface area contributed by atoms with Crippen molar-refractivity contribution in [1.82, 2.24) is 0 Å². The van der Waals surface area contributed by atoms with Crippen LogP contribution in [0.1, 0.15) is 13.8 Å². The van der Waals surface area contributed by atoms with Gasteiger partial charge in [0.05, 0.1) is 0 Å². The van der Waals surface area contributed by atoms with Crippen LogP contribution in [0.3, 0.4) is 0 Å². The molecule has 0 unspecified atom stereocenters.